The summed E-state index contributed by atoms with van der Waals surface area (Å²) in [6, 6.07) is 14.6. The molecular weight excluding hydrogens is 332 g/mol. The maximum absolute atomic E-state index is 12.2. The van der Waals surface area contributed by atoms with Crippen LogP contribution >= 0.6 is 0 Å². The van der Waals surface area contributed by atoms with E-state index in [1.165, 1.54) is 0 Å². The van der Waals surface area contributed by atoms with Gasteiger partial charge in [-0.15, -0.1) is 0 Å². The molecule has 0 saturated carbocycles. The van der Waals surface area contributed by atoms with Gasteiger partial charge in [-0.3, -0.25) is 4.79 Å². The summed E-state index contributed by atoms with van der Waals surface area (Å²) in [5.74, 6) is 1.08. The molecule has 6 heteroatoms. The van der Waals surface area contributed by atoms with Gasteiger partial charge in [0.15, 0.2) is 17.1 Å². The second kappa shape index (κ2) is 8.20. The first-order valence-corrected chi connectivity index (χ1v) is 8.34. The van der Waals surface area contributed by atoms with E-state index in [0.29, 0.717) is 17.9 Å². The number of nitrogens with zero attached hydrogens (tertiary/aromatic N) is 1. The van der Waals surface area contributed by atoms with Crippen LogP contribution in [0.25, 0.3) is 11.0 Å². The average Bonchev–Trinajstić information content (AvgIpc) is 3.11. The smallest absolute Gasteiger partial charge is 0.307 e. The van der Waals surface area contributed by atoms with Crippen molar-refractivity contribution in [3.63, 3.8) is 0 Å². The molecule has 0 saturated heterocycles. The summed E-state index contributed by atoms with van der Waals surface area (Å²) in [5.41, 5.74) is 3.82. The normalized spacial score (nSPS) is 11.0. The molecule has 0 aliphatic rings. The van der Waals surface area contributed by atoms with Gasteiger partial charge in [0.1, 0.15) is 5.75 Å². The monoisotopic (exact) mass is 352 g/mol. The fourth-order valence-corrected chi connectivity index (χ4v) is 2.43. The van der Waals surface area contributed by atoms with Crippen molar-refractivity contribution < 1.29 is 18.7 Å². The standard InChI is InChI=1S/C20H20N2O4/c1-3-10-25-16-8-4-6-14(11-16)13-21-22-20(23)18-12-15-7-5-9-17(24-2)19(15)26-18/h4-9,11-13H,3,10H2,1-2H3,(H,22,23)/b21-13-. The Morgan fingerprint density at radius 2 is 2.08 bits per heavy atom. The first-order chi connectivity index (χ1) is 12.7. The molecule has 1 N–H and O–H groups in total. The Hall–Kier alpha value is -3.28. The van der Waals surface area contributed by atoms with Crippen LogP contribution in [0.2, 0.25) is 0 Å². The summed E-state index contributed by atoms with van der Waals surface area (Å²) >= 11 is 0. The summed E-state index contributed by atoms with van der Waals surface area (Å²) < 4.78 is 16.4. The topological polar surface area (TPSA) is 73.1 Å². The van der Waals surface area contributed by atoms with Crippen LogP contribution in [0.4, 0.5) is 0 Å². The van der Waals surface area contributed by atoms with Crippen LogP contribution in [0, 0.1) is 0 Å². The number of carbonyl (C=O) groups is 1. The molecule has 0 fully saturated rings. The first-order valence-electron chi connectivity index (χ1n) is 8.34. The maximum Gasteiger partial charge on any atom is 0.307 e. The van der Waals surface area contributed by atoms with Crippen LogP contribution in [0.5, 0.6) is 11.5 Å². The first kappa shape index (κ1) is 17.5. The van der Waals surface area contributed by atoms with Gasteiger partial charge in [0.2, 0.25) is 0 Å². The van der Waals surface area contributed by atoms with Crippen LogP contribution in [0.1, 0.15) is 29.5 Å². The highest BCUT2D eigenvalue weighted by molar-refractivity contribution is 5.97. The lowest BCUT2D eigenvalue weighted by atomic mass is 10.2. The molecule has 1 aromatic heterocycles. The number of amides is 1. The lowest BCUT2D eigenvalue weighted by Crippen LogP contribution is -2.16. The average molecular weight is 352 g/mol. The minimum Gasteiger partial charge on any atom is -0.494 e. The minimum atomic E-state index is -0.433. The van der Waals surface area contributed by atoms with Crippen molar-refractivity contribution in [2.24, 2.45) is 5.10 Å². The Bertz CT molecular complexity index is 930. The zero-order valence-electron chi connectivity index (χ0n) is 14.7. The fraction of sp³-hybridized carbons (Fsp3) is 0.200. The summed E-state index contributed by atoms with van der Waals surface area (Å²) in [5, 5.41) is 4.77. The summed E-state index contributed by atoms with van der Waals surface area (Å²) in [6.45, 7) is 2.71. The van der Waals surface area contributed by atoms with Gasteiger partial charge < -0.3 is 13.9 Å². The van der Waals surface area contributed by atoms with E-state index in [1.54, 1.807) is 25.5 Å². The number of hydrogen-bond acceptors (Lipinski definition) is 5. The number of ether oxygens (including phenoxy) is 2. The van der Waals surface area contributed by atoms with Gasteiger partial charge in [0.05, 0.1) is 19.9 Å². The van der Waals surface area contributed by atoms with Gasteiger partial charge in [0, 0.05) is 5.39 Å². The van der Waals surface area contributed by atoms with E-state index in [9.17, 15) is 4.79 Å². The molecule has 3 aromatic rings. The zero-order chi connectivity index (χ0) is 18.4. The molecule has 0 aliphatic heterocycles. The van der Waals surface area contributed by atoms with E-state index in [4.69, 9.17) is 13.9 Å². The minimum absolute atomic E-state index is 0.168. The second-order valence-electron chi connectivity index (χ2n) is 5.61. The fourth-order valence-electron chi connectivity index (χ4n) is 2.43. The molecule has 134 valence electrons. The van der Waals surface area contributed by atoms with Crippen molar-refractivity contribution in [3.05, 3.63) is 59.9 Å². The van der Waals surface area contributed by atoms with Crippen molar-refractivity contribution in [1.29, 1.82) is 0 Å². The number of hydrogen-bond donors (Lipinski definition) is 1. The number of nitrogens with one attached hydrogen (secondary N) is 1. The van der Waals surface area contributed by atoms with Crippen LogP contribution in [0.3, 0.4) is 0 Å². The number of benzene rings is 2. The number of carbonyl (C=O) groups excluding carboxylic acids is 1. The SMILES string of the molecule is CCCOc1cccc(/C=N\NC(=O)c2cc3cccc(OC)c3o2)c1. The van der Waals surface area contributed by atoms with Crippen LogP contribution in [-0.2, 0) is 0 Å². The largest absolute Gasteiger partial charge is 0.494 e. The number of rotatable bonds is 7. The summed E-state index contributed by atoms with van der Waals surface area (Å²) in [7, 11) is 1.56. The van der Waals surface area contributed by atoms with Gasteiger partial charge in [-0.25, -0.2) is 5.43 Å². The van der Waals surface area contributed by atoms with Crippen molar-refractivity contribution in [2.45, 2.75) is 13.3 Å². The van der Waals surface area contributed by atoms with Crippen molar-refractivity contribution in [3.8, 4) is 11.5 Å². The van der Waals surface area contributed by atoms with E-state index < -0.39 is 5.91 Å². The Morgan fingerprint density at radius 3 is 2.88 bits per heavy atom. The molecule has 3 rings (SSSR count). The molecule has 1 heterocycles. The van der Waals surface area contributed by atoms with Crippen molar-refractivity contribution in [2.75, 3.05) is 13.7 Å². The van der Waals surface area contributed by atoms with Crippen LogP contribution in [0.15, 0.2) is 58.0 Å². The maximum atomic E-state index is 12.2. The molecule has 0 unspecified atom stereocenters. The van der Waals surface area contributed by atoms with Crippen molar-refractivity contribution in [1.82, 2.24) is 5.43 Å². The quantitative estimate of drug-likeness (QED) is 0.515. The number of fused-ring (bicyclic) bond motifs is 1. The van der Waals surface area contributed by atoms with Gasteiger partial charge in [0.25, 0.3) is 0 Å². The van der Waals surface area contributed by atoms with E-state index >= 15 is 0 Å². The summed E-state index contributed by atoms with van der Waals surface area (Å²) in [4.78, 5) is 12.2. The molecule has 2 aromatic carbocycles. The highest BCUT2D eigenvalue weighted by Gasteiger charge is 2.14. The third-order valence-corrected chi connectivity index (χ3v) is 3.66. The Kier molecular flexibility index (Phi) is 5.53. The van der Waals surface area contributed by atoms with Crippen molar-refractivity contribution >= 4 is 23.1 Å². The molecule has 0 radical (unpaired) electrons. The number of para-hydroxylation sites is 1. The molecule has 0 bridgehead atoms. The molecule has 6 nitrogen and oxygen atoms in total. The Morgan fingerprint density at radius 1 is 1.23 bits per heavy atom. The molecule has 26 heavy (non-hydrogen) atoms. The third-order valence-electron chi connectivity index (χ3n) is 3.66. The molecule has 1 amide bonds. The predicted molar refractivity (Wildman–Crippen MR) is 100 cm³/mol. The Balaban J connectivity index is 1.68. The third kappa shape index (κ3) is 4.03. The lowest BCUT2D eigenvalue weighted by Gasteiger charge is -2.04. The number of hydrazone groups is 1. The number of methoxy groups -OCH3 is 1. The van der Waals surface area contributed by atoms with Gasteiger partial charge in [-0.2, -0.15) is 5.10 Å². The predicted octanol–water partition coefficient (Wildman–Crippen LogP) is 3.99. The van der Waals surface area contributed by atoms with E-state index in [0.717, 1.165) is 23.1 Å². The zero-order valence-corrected chi connectivity index (χ0v) is 14.7. The van der Waals surface area contributed by atoms with Gasteiger partial charge in [-0.05, 0) is 36.2 Å². The van der Waals surface area contributed by atoms with E-state index in [1.807, 2.05) is 36.4 Å². The highest BCUT2D eigenvalue weighted by Crippen LogP contribution is 2.28. The van der Waals surface area contributed by atoms with Gasteiger partial charge >= 0.3 is 5.91 Å². The lowest BCUT2D eigenvalue weighted by molar-refractivity contribution is 0.0929. The van der Waals surface area contributed by atoms with Crippen LogP contribution < -0.4 is 14.9 Å². The molecular formula is C20H20N2O4. The highest BCUT2D eigenvalue weighted by atomic mass is 16.5. The number of furan rings is 1. The second-order valence-corrected chi connectivity index (χ2v) is 5.61. The molecule has 0 aliphatic carbocycles. The molecule has 0 spiro atoms. The summed E-state index contributed by atoms with van der Waals surface area (Å²) in [6.07, 6.45) is 2.50. The van der Waals surface area contributed by atoms with E-state index in [2.05, 4.69) is 17.5 Å². The molecule has 0 atom stereocenters. The van der Waals surface area contributed by atoms with Crippen LogP contribution in [-0.4, -0.2) is 25.8 Å². The Labute approximate surface area is 151 Å². The van der Waals surface area contributed by atoms with E-state index in [-0.39, 0.29) is 5.76 Å². The van der Waals surface area contributed by atoms with Gasteiger partial charge in [-0.1, -0.05) is 31.2 Å².